The zero-order valence-corrected chi connectivity index (χ0v) is 18.7. The van der Waals surface area contributed by atoms with Gasteiger partial charge in [0.25, 0.3) is 5.91 Å². The SMILES string of the molecule is C=C(Nc1ccsc1)N(CCN(C)C)Cc1ccc(C(=O)Nc2ccccc2N)nc1. The number of amides is 1. The number of thiophene rings is 1. The molecule has 0 atom stereocenters. The number of anilines is 3. The second-order valence-corrected chi connectivity index (χ2v) is 8.18. The maximum atomic E-state index is 12.5. The van der Waals surface area contributed by atoms with Crippen molar-refractivity contribution in [1.29, 1.82) is 0 Å². The molecule has 3 aromatic rings. The quantitative estimate of drug-likeness (QED) is 0.418. The largest absolute Gasteiger partial charge is 0.397 e. The molecule has 8 heteroatoms. The molecular weight excluding hydrogens is 408 g/mol. The Labute approximate surface area is 187 Å². The van der Waals surface area contributed by atoms with Gasteiger partial charge in [0.2, 0.25) is 0 Å². The first-order chi connectivity index (χ1) is 14.9. The molecule has 0 aliphatic carbocycles. The number of hydrogen-bond acceptors (Lipinski definition) is 7. The predicted molar refractivity (Wildman–Crippen MR) is 129 cm³/mol. The second-order valence-electron chi connectivity index (χ2n) is 7.40. The molecule has 0 spiro atoms. The third-order valence-corrected chi connectivity index (χ3v) is 5.33. The van der Waals surface area contributed by atoms with E-state index in [2.05, 4.69) is 32.0 Å². The number of nitrogen functional groups attached to an aromatic ring is 1. The highest BCUT2D eigenvalue weighted by molar-refractivity contribution is 7.08. The van der Waals surface area contributed by atoms with E-state index in [0.717, 1.165) is 30.2 Å². The lowest BCUT2D eigenvalue weighted by Gasteiger charge is -2.28. The summed E-state index contributed by atoms with van der Waals surface area (Å²) < 4.78 is 0. The molecule has 4 N–H and O–H groups in total. The van der Waals surface area contributed by atoms with Crippen molar-refractivity contribution in [3.63, 3.8) is 0 Å². The van der Waals surface area contributed by atoms with Gasteiger partial charge in [0, 0.05) is 31.2 Å². The lowest BCUT2D eigenvalue weighted by Crippen LogP contribution is -2.33. The molecule has 0 radical (unpaired) electrons. The fraction of sp³-hybridized carbons (Fsp3) is 0.217. The fourth-order valence-electron chi connectivity index (χ4n) is 2.88. The van der Waals surface area contributed by atoms with Crippen molar-refractivity contribution in [1.82, 2.24) is 14.8 Å². The zero-order valence-electron chi connectivity index (χ0n) is 17.8. The van der Waals surface area contributed by atoms with Gasteiger partial charge in [0.15, 0.2) is 0 Å². The van der Waals surface area contributed by atoms with E-state index in [9.17, 15) is 4.79 Å². The summed E-state index contributed by atoms with van der Waals surface area (Å²) in [7, 11) is 4.09. The number of likely N-dealkylation sites (N-methyl/N-ethyl adjacent to an activating group) is 1. The minimum Gasteiger partial charge on any atom is -0.397 e. The van der Waals surface area contributed by atoms with Crippen LogP contribution in [0.15, 0.2) is 71.8 Å². The van der Waals surface area contributed by atoms with Gasteiger partial charge in [-0.3, -0.25) is 9.78 Å². The molecule has 0 aliphatic rings. The Balaban J connectivity index is 1.66. The Bertz CT molecular complexity index is 1000. The molecule has 2 heterocycles. The van der Waals surface area contributed by atoms with Crippen LogP contribution in [0.1, 0.15) is 16.1 Å². The van der Waals surface area contributed by atoms with Crippen LogP contribution in [0, 0.1) is 0 Å². The number of carbonyl (C=O) groups excluding carboxylic acids is 1. The van der Waals surface area contributed by atoms with Gasteiger partial charge in [-0.2, -0.15) is 11.3 Å². The first-order valence-corrected chi connectivity index (χ1v) is 10.9. The Morgan fingerprint density at radius 2 is 1.94 bits per heavy atom. The maximum absolute atomic E-state index is 12.5. The van der Waals surface area contributed by atoms with Crippen molar-refractivity contribution in [3.05, 3.63) is 83.1 Å². The van der Waals surface area contributed by atoms with Crippen molar-refractivity contribution < 1.29 is 4.79 Å². The van der Waals surface area contributed by atoms with Crippen LogP contribution in [0.3, 0.4) is 0 Å². The van der Waals surface area contributed by atoms with Gasteiger partial charge in [-0.25, -0.2) is 0 Å². The van der Waals surface area contributed by atoms with Crippen LogP contribution in [0.2, 0.25) is 0 Å². The second kappa shape index (κ2) is 10.6. The van der Waals surface area contributed by atoms with Gasteiger partial charge in [-0.15, -0.1) is 0 Å². The summed E-state index contributed by atoms with van der Waals surface area (Å²) in [6, 6.07) is 12.8. The van der Waals surface area contributed by atoms with E-state index in [1.807, 2.05) is 49.1 Å². The molecule has 0 saturated heterocycles. The van der Waals surface area contributed by atoms with Crippen LogP contribution < -0.4 is 16.4 Å². The lowest BCUT2D eigenvalue weighted by molar-refractivity contribution is 0.102. The first kappa shape index (κ1) is 22.3. The average molecular weight is 437 g/mol. The molecule has 0 saturated carbocycles. The number of hydrogen-bond donors (Lipinski definition) is 3. The van der Waals surface area contributed by atoms with Crippen LogP contribution in [0.4, 0.5) is 17.1 Å². The number of nitrogens with zero attached hydrogens (tertiary/aromatic N) is 3. The molecule has 1 aromatic carbocycles. The average Bonchev–Trinajstić information content (AvgIpc) is 3.26. The summed E-state index contributed by atoms with van der Waals surface area (Å²) in [5.74, 6) is 0.527. The Morgan fingerprint density at radius 3 is 2.58 bits per heavy atom. The van der Waals surface area contributed by atoms with E-state index in [1.165, 1.54) is 0 Å². The molecule has 7 nitrogen and oxygen atoms in total. The van der Waals surface area contributed by atoms with Gasteiger partial charge < -0.3 is 26.2 Å². The van der Waals surface area contributed by atoms with E-state index >= 15 is 0 Å². The monoisotopic (exact) mass is 436 g/mol. The van der Waals surface area contributed by atoms with E-state index in [0.29, 0.717) is 23.6 Å². The highest BCUT2D eigenvalue weighted by Gasteiger charge is 2.13. The van der Waals surface area contributed by atoms with Gasteiger partial charge in [-0.05, 0) is 49.3 Å². The molecular formula is C23H28N6OS. The molecule has 0 unspecified atom stereocenters. The molecule has 0 bridgehead atoms. The first-order valence-electron chi connectivity index (χ1n) is 9.91. The summed E-state index contributed by atoms with van der Waals surface area (Å²) in [6.45, 7) is 6.53. The molecule has 0 fully saturated rings. The molecule has 3 rings (SSSR count). The smallest absolute Gasteiger partial charge is 0.274 e. The number of aromatic nitrogens is 1. The molecule has 31 heavy (non-hydrogen) atoms. The Kier molecular flexibility index (Phi) is 7.64. The van der Waals surface area contributed by atoms with Crippen LogP contribution in [0.5, 0.6) is 0 Å². The standard InChI is InChI=1S/C23H28N6OS/c1-17(26-19-10-13-31-16-19)29(12-11-28(2)3)15-18-8-9-22(25-14-18)23(30)27-21-7-5-4-6-20(21)24/h4-10,13-14,16,26H,1,11-12,15,24H2,2-3H3,(H,27,30). The number of carbonyl (C=O) groups is 1. The fourth-order valence-corrected chi connectivity index (χ4v) is 3.47. The number of nitrogens with one attached hydrogen (secondary N) is 2. The highest BCUT2D eigenvalue weighted by atomic mass is 32.1. The van der Waals surface area contributed by atoms with Gasteiger partial charge in [-0.1, -0.05) is 24.8 Å². The topological polar surface area (TPSA) is 86.5 Å². The molecule has 162 valence electrons. The van der Waals surface area contributed by atoms with Crippen molar-refractivity contribution in [2.45, 2.75) is 6.54 Å². The zero-order chi connectivity index (χ0) is 22.2. The van der Waals surface area contributed by atoms with Crippen LogP contribution in [-0.4, -0.2) is 47.9 Å². The number of rotatable bonds is 10. The van der Waals surface area contributed by atoms with Gasteiger partial charge in [0.1, 0.15) is 5.69 Å². The normalized spacial score (nSPS) is 10.7. The number of benzene rings is 1. The van der Waals surface area contributed by atoms with Gasteiger partial charge in [0.05, 0.1) is 22.9 Å². The summed E-state index contributed by atoms with van der Waals surface area (Å²) in [5, 5.41) is 10.2. The predicted octanol–water partition coefficient (Wildman–Crippen LogP) is 3.92. The van der Waals surface area contributed by atoms with Crippen LogP contribution >= 0.6 is 11.3 Å². The number of pyridine rings is 1. The van der Waals surface area contributed by atoms with Crippen molar-refractivity contribution in [2.24, 2.45) is 0 Å². The van der Waals surface area contributed by atoms with Crippen molar-refractivity contribution in [2.75, 3.05) is 43.6 Å². The van der Waals surface area contributed by atoms with E-state index in [4.69, 9.17) is 5.73 Å². The lowest BCUT2D eigenvalue weighted by atomic mass is 10.2. The Hall–Kier alpha value is -3.36. The number of nitrogens with two attached hydrogens (primary N) is 1. The van der Waals surface area contributed by atoms with Crippen molar-refractivity contribution >= 4 is 34.3 Å². The highest BCUT2D eigenvalue weighted by Crippen LogP contribution is 2.19. The van der Waals surface area contributed by atoms with E-state index < -0.39 is 0 Å². The van der Waals surface area contributed by atoms with Crippen LogP contribution in [0.25, 0.3) is 0 Å². The molecule has 0 aliphatic heterocycles. The van der Waals surface area contributed by atoms with E-state index in [-0.39, 0.29) is 5.91 Å². The summed E-state index contributed by atoms with van der Waals surface area (Å²) in [6.07, 6.45) is 1.73. The maximum Gasteiger partial charge on any atom is 0.274 e. The summed E-state index contributed by atoms with van der Waals surface area (Å²) in [5.41, 5.74) is 9.33. The van der Waals surface area contributed by atoms with Crippen molar-refractivity contribution in [3.8, 4) is 0 Å². The minimum absolute atomic E-state index is 0.294. The summed E-state index contributed by atoms with van der Waals surface area (Å²) in [4.78, 5) is 21.1. The number of para-hydroxylation sites is 2. The minimum atomic E-state index is -0.294. The third-order valence-electron chi connectivity index (χ3n) is 4.65. The third kappa shape index (κ3) is 6.56. The van der Waals surface area contributed by atoms with Crippen LogP contribution in [-0.2, 0) is 6.54 Å². The van der Waals surface area contributed by atoms with E-state index in [1.54, 1.807) is 35.7 Å². The molecule has 2 aromatic heterocycles. The van der Waals surface area contributed by atoms with Gasteiger partial charge >= 0.3 is 0 Å². The summed E-state index contributed by atoms with van der Waals surface area (Å²) >= 11 is 1.64. The Morgan fingerprint density at radius 1 is 1.13 bits per heavy atom. The molecule has 1 amide bonds.